The maximum atomic E-state index is 11.1. The first-order valence-electron chi connectivity index (χ1n) is 5.94. The van der Waals surface area contributed by atoms with E-state index in [0.717, 1.165) is 23.5 Å². The van der Waals surface area contributed by atoms with Crippen LogP contribution < -0.4 is 5.32 Å². The second-order valence-corrected chi connectivity index (χ2v) is 6.86. The number of hydrogen-bond donors (Lipinski definition) is 2. The third kappa shape index (κ3) is 3.59. The molecule has 1 atom stereocenters. The van der Waals surface area contributed by atoms with Gasteiger partial charge in [0.05, 0.1) is 5.56 Å². The average Bonchev–Trinajstić information content (AvgIpc) is 2.37. The number of carboxylic acids is 1. The fourth-order valence-corrected chi connectivity index (χ4v) is 4.48. The summed E-state index contributed by atoms with van der Waals surface area (Å²) < 4.78 is 0. The van der Waals surface area contributed by atoms with Gasteiger partial charge in [0.25, 0.3) is 0 Å². The van der Waals surface area contributed by atoms with E-state index in [1.165, 1.54) is 11.5 Å². The molecule has 1 saturated heterocycles. The molecule has 5 heteroatoms. The standard InChI is InChI=1S/C13H17NO2S2/c1-9-2-3-11(13(15)16)12(6-9)14-7-10-8-17-4-5-18-10/h2-3,6,10,14H,4-5,7-8H2,1H3,(H,15,16). The minimum atomic E-state index is -0.872. The highest BCUT2D eigenvalue weighted by Crippen LogP contribution is 2.25. The molecule has 2 rings (SSSR count). The normalized spacial score (nSPS) is 19.5. The zero-order chi connectivity index (χ0) is 13.0. The number of benzene rings is 1. The van der Waals surface area contributed by atoms with E-state index in [9.17, 15) is 4.79 Å². The fraction of sp³-hybridized carbons (Fsp3) is 0.462. The molecule has 1 aromatic rings. The summed E-state index contributed by atoms with van der Waals surface area (Å²) in [6, 6.07) is 5.41. The van der Waals surface area contributed by atoms with Crippen molar-refractivity contribution in [2.24, 2.45) is 0 Å². The van der Waals surface area contributed by atoms with Crippen molar-refractivity contribution in [2.45, 2.75) is 12.2 Å². The van der Waals surface area contributed by atoms with E-state index in [4.69, 9.17) is 5.11 Å². The van der Waals surface area contributed by atoms with Crippen LogP contribution in [-0.2, 0) is 0 Å². The van der Waals surface area contributed by atoms with Crippen LogP contribution >= 0.6 is 23.5 Å². The molecule has 0 spiro atoms. The summed E-state index contributed by atoms with van der Waals surface area (Å²) >= 11 is 3.94. The Balaban J connectivity index is 2.03. The number of rotatable bonds is 4. The zero-order valence-electron chi connectivity index (χ0n) is 10.3. The van der Waals surface area contributed by atoms with Gasteiger partial charge in [0.1, 0.15) is 0 Å². The van der Waals surface area contributed by atoms with E-state index >= 15 is 0 Å². The van der Waals surface area contributed by atoms with Gasteiger partial charge in [0.15, 0.2) is 0 Å². The van der Waals surface area contributed by atoms with Crippen molar-refractivity contribution in [3.63, 3.8) is 0 Å². The second-order valence-electron chi connectivity index (χ2n) is 4.30. The van der Waals surface area contributed by atoms with Crippen LogP contribution in [0.3, 0.4) is 0 Å². The van der Waals surface area contributed by atoms with E-state index in [1.807, 2.05) is 42.6 Å². The molecule has 0 aliphatic carbocycles. The van der Waals surface area contributed by atoms with Gasteiger partial charge in [-0.1, -0.05) is 6.07 Å². The number of thioether (sulfide) groups is 2. The molecule has 1 unspecified atom stereocenters. The molecular formula is C13H17NO2S2. The Hall–Kier alpha value is -0.810. The van der Waals surface area contributed by atoms with Gasteiger partial charge in [-0.2, -0.15) is 23.5 Å². The van der Waals surface area contributed by atoms with Gasteiger partial charge in [-0.15, -0.1) is 0 Å². The Bertz CT molecular complexity index is 431. The van der Waals surface area contributed by atoms with Crippen molar-refractivity contribution in [2.75, 3.05) is 29.1 Å². The molecule has 18 heavy (non-hydrogen) atoms. The van der Waals surface area contributed by atoms with Crippen LogP contribution in [0.1, 0.15) is 15.9 Å². The largest absolute Gasteiger partial charge is 0.478 e. The van der Waals surface area contributed by atoms with E-state index in [2.05, 4.69) is 5.32 Å². The molecule has 1 aliphatic heterocycles. The summed E-state index contributed by atoms with van der Waals surface area (Å²) in [7, 11) is 0. The molecular weight excluding hydrogens is 266 g/mol. The van der Waals surface area contributed by atoms with Crippen molar-refractivity contribution in [1.82, 2.24) is 0 Å². The predicted molar refractivity (Wildman–Crippen MR) is 80.2 cm³/mol. The van der Waals surface area contributed by atoms with Crippen LogP contribution in [0.4, 0.5) is 5.69 Å². The Morgan fingerprint density at radius 3 is 3.00 bits per heavy atom. The second kappa shape index (κ2) is 6.38. The van der Waals surface area contributed by atoms with E-state index in [0.29, 0.717) is 10.8 Å². The summed E-state index contributed by atoms with van der Waals surface area (Å²) in [6.07, 6.45) is 0. The van der Waals surface area contributed by atoms with Gasteiger partial charge < -0.3 is 10.4 Å². The number of carbonyl (C=O) groups is 1. The van der Waals surface area contributed by atoms with Gasteiger partial charge >= 0.3 is 5.97 Å². The quantitative estimate of drug-likeness (QED) is 0.889. The lowest BCUT2D eigenvalue weighted by Crippen LogP contribution is -2.24. The number of carboxylic acid groups (broad SMARTS) is 1. The minimum absolute atomic E-state index is 0.356. The number of aryl methyl sites for hydroxylation is 1. The Labute approximate surface area is 116 Å². The SMILES string of the molecule is Cc1ccc(C(=O)O)c(NCC2CSCCS2)c1. The number of anilines is 1. The van der Waals surface area contributed by atoms with E-state index < -0.39 is 5.97 Å². The highest BCUT2D eigenvalue weighted by Gasteiger charge is 2.15. The Morgan fingerprint density at radius 2 is 2.33 bits per heavy atom. The van der Waals surface area contributed by atoms with Crippen molar-refractivity contribution in [3.05, 3.63) is 29.3 Å². The van der Waals surface area contributed by atoms with E-state index in [-0.39, 0.29) is 0 Å². The average molecular weight is 283 g/mol. The van der Waals surface area contributed by atoms with Crippen LogP contribution in [0.5, 0.6) is 0 Å². The first-order valence-corrected chi connectivity index (χ1v) is 8.14. The molecule has 0 bridgehead atoms. The topological polar surface area (TPSA) is 49.3 Å². The van der Waals surface area contributed by atoms with Crippen molar-refractivity contribution >= 4 is 35.2 Å². The summed E-state index contributed by atoms with van der Waals surface area (Å²) in [5.41, 5.74) is 2.17. The molecule has 0 radical (unpaired) electrons. The monoisotopic (exact) mass is 283 g/mol. The van der Waals surface area contributed by atoms with Crippen molar-refractivity contribution in [1.29, 1.82) is 0 Å². The first kappa shape index (κ1) is 13.6. The van der Waals surface area contributed by atoms with Crippen molar-refractivity contribution < 1.29 is 9.90 Å². The molecule has 1 aromatic carbocycles. The molecule has 1 heterocycles. The van der Waals surface area contributed by atoms with Crippen molar-refractivity contribution in [3.8, 4) is 0 Å². The summed E-state index contributed by atoms with van der Waals surface area (Å²) in [5.74, 6) is 2.69. The summed E-state index contributed by atoms with van der Waals surface area (Å²) in [6.45, 7) is 2.81. The molecule has 98 valence electrons. The molecule has 0 amide bonds. The maximum Gasteiger partial charge on any atom is 0.337 e. The highest BCUT2D eigenvalue weighted by atomic mass is 32.2. The summed E-state index contributed by atoms with van der Waals surface area (Å²) in [4.78, 5) is 11.1. The molecule has 2 N–H and O–H groups in total. The number of hydrogen-bond acceptors (Lipinski definition) is 4. The maximum absolute atomic E-state index is 11.1. The van der Waals surface area contributed by atoms with Crippen LogP contribution in [-0.4, -0.2) is 40.1 Å². The fourth-order valence-electron chi connectivity index (χ4n) is 1.87. The summed E-state index contributed by atoms with van der Waals surface area (Å²) in [5, 5.41) is 13.0. The number of nitrogens with one attached hydrogen (secondary N) is 1. The predicted octanol–water partition coefficient (Wildman–Crippen LogP) is 2.95. The van der Waals surface area contributed by atoms with Crippen LogP contribution in [0, 0.1) is 6.92 Å². The van der Waals surface area contributed by atoms with Crippen LogP contribution in [0.15, 0.2) is 18.2 Å². The van der Waals surface area contributed by atoms with Gasteiger partial charge in [-0.3, -0.25) is 0 Å². The van der Waals surface area contributed by atoms with Gasteiger partial charge in [0, 0.05) is 34.7 Å². The molecule has 0 saturated carbocycles. The first-order chi connectivity index (χ1) is 8.66. The van der Waals surface area contributed by atoms with Gasteiger partial charge in [-0.25, -0.2) is 4.79 Å². The van der Waals surface area contributed by atoms with E-state index in [1.54, 1.807) is 6.07 Å². The molecule has 1 aliphatic rings. The lowest BCUT2D eigenvalue weighted by Gasteiger charge is -2.22. The van der Waals surface area contributed by atoms with Gasteiger partial charge in [-0.05, 0) is 24.6 Å². The van der Waals surface area contributed by atoms with Gasteiger partial charge in [0.2, 0.25) is 0 Å². The lowest BCUT2D eigenvalue weighted by atomic mass is 10.1. The number of aromatic carboxylic acids is 1. The van der Waals surface area contributed by atoms with Crippen LogP contribution in [0.25, 0.3) is 0 Å². The third-order valence-electron chi connectivity index (χ3n) is 2.81. The van der Waals surface area contributed by atoms with Crippen LogP contribution in [0.2, 0.25) is 0 Å². The Kier molecular flexibility index (Phi) is 4.83. The molecule has 0 aromatic heterocycles. The zero-order valence-corrected chi connectivity index (χ0v) is 11.9. The highest BCUT2D eigenvalue weighted by molar-refractivity contribution is 8.06. The molecule has 1 fully saturated rings. The smallest absolute Gasteiger partial charge is 0.337 e. The Morgan fingerprint density at radius 1 is 1.50 bits per heavy atom. The third-order valence-corrected chi connectivity index (χ3v) is 5.66. The lowest BCUT2D eigenvalue weighted by molar-refractivity contribution is 0.0698. The molecule has 3 nitrogen and oxygen atoms in total. The minimum Gasteiger partial charge on any atom is -0.478 e.